The van der Waals surface area contributed by atoms with Gasteiger partial charge in [-0.25, -0.2) is 8.78 Å². The van der Waals surface area contributed by atoms with E-state index in [1.54, 1.807) is 13.0 Å². The van der Waals surface area contributed by atoms with Gasteiger partial charge in [0, 0.05) is 37.9 Å². The number of hydrogen-bond acceptors (Lipinski definition) is 3. The molecule has 4 nitrogen and oxygen atoms in total. The molecule has 0 radical (unpaired) electrons. The topological polar surface area (TPSA) is 35.6 Å². The zero-order valence-corrected chi connectivity index (χ0v) is 15.6. The average Bonchev–Trinajstić information content (AvgIpc) is 2.69. The van der Waals surface area contributed by atoms with Crippen molar-refractivity contribution in [1.82, 2.24) is 4.90 Å². The van der Waals surface area contributed by atoms with Crippen molar-refractivity contribution < 1.29 is 26.7 Å². The van der Waals surface area contributed by atoms with Gasteiger partial charge in [-0.1, -0.05) is 6.07 Å². The molecule has 1 saturated heterocycles. The number of nitrogens with zero attached hydrogens (tertiary/aromatic N) is 2. The Morgan fingerprint density at radius 3 is 2.38 bits per heavy atom. The van der Waals surface area contributed by atoms with Gasteiger partial charge in [0.1, 0.15) is 11.6 Å². The third-order valence-corrected chi connectivity index (χ3v) is 4.97. The summed E-state index contributed by atoms with van der Waals surface area (Å²) in [4.78, 5) is 16.1. The molecule has 1 atom stereocenters. The number of alkyl halides is 3. The molecular formula is C20H20F5N3O. The van der Waals surface area contributed by atoms with Crippen molar-refractivity contribution in [2.45, 2.75) is 19.1 Å². The van der Waals surface area contributed by atoms with E-state index in [1.807, 2.05) is 9.80 Å². The van der Waals surface area contributed by atoms with Gasteiger partial charge in [-0.2, -0.15) is 13.2 Å². The zero-order chi connectivity index (χ0) is 21.2. The molecule has 2 aromatic rings. The maximum atomic E-state index is 13.7. The fraction of sp³-hybridized carbons (Fsp3) is 0.350. The fourth-order valence-corrected chi connectivity index (χ4v) is 3.24. The number of anilines is 2. The molecule has 0 bridgehead atoms. The Labute approximate surface area is 164 Å². The molecule has 1 aliphatic rings. The predicted octanol–water partition coefficient (Wildman–Crippen LogP) is 4.13. The van der Waals surface area contributed by atoms with Crippen molar-refractivity contribution in [3.8, 4) is 0 Å². The summed E-state index contributed by atoms with van der Waals surface area (Å²) >= 11 is 0. The van der Waals surface area contributed by atoms with Gasteiger partial charge in [-0.3, -0.25) is 9.69 Å². The Kier molecular flexibility index (Phi) is 6.07. The van der Waals surface area contributed by atoms with Crippen molar-refractivity contribution in [2.24, 2.45) is 0 Å². The number of rotatable bonds is 4. The second-order valence-corrected chi connectivity index (χ2v) is 6.86. The molecule has 29 heavy (non-hydrogen) atoms. The number of benzene rings is 2. The molecule has 0 saturated carbocycles. The minimum Gasteiger partial charge on any atom is -0.369 e. The first-order valence-electron chi connectivity index (χ1n) is 9.07. The van der Waals surface area contributed by atoms with Crippen molar-refractivity contribution in [1.29, 1.82) is 0 Å². The first-order valence-corrected chi connectivity index (χ1v) is 9.07. The van der Waals surface area contributed by atoms with Gasteiger partial charge in [-0.15, -0.1) is 0 Å². The van der Waals surface area contributed by atoms with Crippen LogP contribution in [0.4, 0.5) is 33.3 Å². The van der Waals surface area contributed by atoms with Crippen LogP contribution < -0.4 is 10.2 Å². The Morgan fingerprint density at radius 2 is 1.72 bits per heavy atom. The quantitative estimate of drug-likeness (QED) is 0.766. The number of nitrogens with one attached hydrogen (secondary N) is 1. The number of carbonyl (C=O) groups is 1. The lowest BCUT2D eigenvalue weighted by atomic mass is 10.1. The van der Waals surface area contributed by atoms with Crippen molar-refractivity contribution in [3.63, 3.8) is 0 Å². The predicted molar refractivity (Wildman–Crippen MR) is 99.7 cm³/mol. The van der Waals surface area contributed by atoms with Gasteiger partial charge in [-0.05, 0) is 37.3 Å². The molecule has 1 fully saturated rings. The monoisotopic (exact) mass is 413 g/mol. The van der Waals surface area contributed by atoms with E-state index in [0.29, 0.717) is 31.9 Å². The molecule has 0 spiro atoms. The second-order valence-electron chi connectivity index (χ2n) is 6.86. The molecule has 1 aliphatic heterocycles. The maximum absolute atomic E-state index is 13.7. The van der Waals surface area contributed by atoms with Crippen molar-refractivity contribution in [3.05, 3.63) is 59.7 Å². The molecular weight excluding hydrogens is 393 g/mol. The zero-order valence-electron chi connectivity index (χ0n) is 15.6. The lowest BCUT2D eigenvalue weighted by Crippen LogP contribution is -2.52. The van der Waals surface area contributed by atoms with Crippen LogP contribution in [0.5, 0.6) is 0 Å². The van der Waals surface area contributed by atoms with Crippen LogP contribution >= 0.6 is 0 Å². The Balaban J connectivity index is 1.60. The van der Waals surface area contributed by atoms with E-state index in [4.69, 9.17) is 0 Å². The summed E-state index contributed by atoms with van der Waals surface area (Å²) in [6, 6.07) is 7.32. The van der Waals surface area contributed by atoms with Crippen LogP contribution in [0.25, 0.3) is 0 Å². The van der Waals surface area contributed by atoms with E-state index in [9.17, 15) is 26.7 Å². The molecule has 1 heterocycles. The van der Waals surface area contributed by atoms with Gasteiger partial charge < -0.3 is 10.2 Å². The van der Waals surface area contributed by atoms with Gasteiger partial charge in [0.2, 0.25) is 5.91 Å². The molecule has 0 aromatic heterocycles. The van der Waals surface area contributed by atoms with Gasteiger partial charge in [0.05, 0.1) is 17.3 Å². The highest BCUT2D eigenvalue weighted by Crippen LogP contribution is 2.32. The van der Waals surface area contributed by atoms with E-state index < -0.39 is 35.3 Å². The number of amides is 1. The summed E-state index contributed by atoms with van der Waals surface area (Å²) in [6.07, 6.45) is -4.41. The summed E-state index contributed by atoms with van der Waals surface area (Å²) in [5.74, 6) is -1.88. The van der Waals surface area contributed by atoms with E-state index in [2.05, 4.69) is 5.32 Å². The van der Waals surface area contributed by atoms with E-state index in [1.165, 1.54) is 6.07 Å². The Hall–Kier alpha value is -2.68. The summed E-state index contributed by atoms with van der Waals surface area (Å²) in [5.41, 5.74) is -0.467. The highest BCUT2D eigenvalue weighted by molar-refractivity contribution is 5.94. The third-order valence-electron chi connectivity index (χ3n) is 4.97. The molecule has 0 unspecified atom stereocenters. The standard InChI is InChI=1S/C20H20F5N3O/c1-13(19(29)26-18-12-15(21)5-6-17(18)22)27-7-9-28(10-8-27)16-4-2-3-14(11-16)20(23,24)25/h2-6,11-13H,7-10H2,1H3,(H,26,29)/t13-/m1/s1. The second kappa shape index (κ2) is 8.36. The molecule has 156 valence electrons. The summed E-state index contributed by atoms with van der Waals surface area (Å²) < 4.78 is 65.7. The van der Waals surface area contributed by atoms with Crippen molar-refractivity contribution >= 4 is 17.3 Å². The molecule has 1 amide bonds. The average molecular weight is 413 g/mol. The third kappa shape index (κ3) is 5.03. The smallest absolute Gasteiger partial charge is 0.369 e. The number of hydrogen-bond donors (Lipinski definition) is 1. The van der Waals surface area contributed by atoms with Crippen LogP contribution in [-0.2, 0) is 11.0 Å². The molecule has 1 N–H and O–H groups in total. The SMILES string of the molecule is C[C@H](C(=O)Nc1cc(F)ccc1F)N1CCN(c2cccc(C(F)(F)F)c2)CC1. The first kappa shape index (κ1) is 21.0. The summed E-state index contributed by atoms with van der Waals surface area (Å²) in [6.45, 7) is 3.40. The first-order chi connectivity index (χ1) is 13.6. The van der Waals surface area contributed by atoms with Gasteiger partial charge in [0.25, 0.3) is 0 Å². The van der Waals surface area contributed by atoms with Crippen LogP contribution in [0.2, 0.25) is 0 Å². The van der Waals surface area contributed by atoms with Crippen LogP contribution in [-0.4, -0.2) is 43.0 Å². The van der Waals surface area contributed by atoms with E-state index >= 15 is 0 Å². The highest BCUT2D eigenvalue weighted by Gasteiger charge is 2.31. The molecule has 2 aromatic carbocycles. The molecule has 9 heteroatoms. The minimum atomic E-state index is -4.41. The van der Waals surface area contributed by atoms with Gasteiger partial charge >= 0.3 is 6.18 Å². The normalized spacial score (nSPS) is 16.6. The Bertz CT molecular complexity index is 879. The van der Waals surface area contributed by atoms with Crippen LogP contribution in [0.1, 0.15) is 12.5 Å². The number of halogens is 5. The van der Waals surface area contributed by atoms with Crippen LogP contribution in [0.3, 0.4) is 0 Å². The lowest BCUT2D eigenvalue weighted by Gasteiger charge is -2.38. The van der Waals surface area contributed by atoms with E-state index in [0.717, 1.165) is 30.3 Å². The van der Waals surface area contributed by atoms with Gasteiger partial charge in [0.15, 0.2) is 0 Å². The molecule has 3 rings (SSSR count). The maximum Gasteiger partial charge on any atom is 0.416 e. The van der Waals surface area contributed by atoms with Crippen molar-refractivity contribution in [2.75, 3.05) is 36.4 Å². The fourth-order valence-electron chi connectivity index (χ4n) is 3.24. The largest absolute Gasteiger partial charge is 0.416 e. The number of piperazine rings is 1. The lowest BCUT2D eigenvalue weighted by molar-refractivity contribution is -0.137. The summed E-state index contributed by atoms with van der Waals surface area (Å²) in [5, 5.41) is 2.38. The summed E-state index contributed by atoms with van der Waals surface area (Å²) in [7, 11) is 0. The van der Waals surface area contributed by atoms with E-state index in [-0.39, 0.29) is 5.69 Å². The Morgan fingerprint density at radius 1 is 1.03 bits per heavy atom. The molecule has 0 aliphatic carbocycles. The number of carbonyl (C=O) groups excluding carboxylic acids is 1. The highest BCUT2D eigenvalue weighted by atomic mass is 19.4. The minimum absolute atomic E-state index is 0.232. The van der Waals surface area contributed by atoms with Crippen LogP contribution in [0, 0.1) is 11.6 Å². The van der Waals surface area contributed by atoms with Crippen LogP contribution in [0.15, 0.2) is 42.5 Å².